The first-order valence-corrected chi connectivity index (χ1v) is 6.55. The van der Waals surface area contributed by atoms with Crippen LogP contribution < -0.4 is 5.32 Å². The first-order chi connectivity index (χ1) is 8.67. The molecule has 1 heterocycles. The second kappa shape index (κ2) is 8.34. The summed E-state index contributed by atoms with van der Waals surface area (Å²) in [6.07, 6.45) is 2.71. The van der Waals surface area contributed by atoms with Gasteiger partial charge in [0.15, 0.2) is 0 Å². The average Bonchev–Trinajstić information content (AvgIpc) is 2.78. The minimum Gasteiger partial charge on any atom is -0.396 e. The van der Waals surface area contributed by atoms with Crippen LogP contribution in [0.15, 0.2) is 0 Å². The largest absolute Gasteiger partial charge is 0.396 e. The van der Waals surface area contributed by atoms with E-state index in [-0.39, 0.29) is 36.6 Å². The highest BCUT2D eigenvalue weighted by molar-refractivity contribution is 5.84. The van der Waals surface area contributed by atoms with Gasteiger partial charge in [-0.05, 0) is 25.3 Å². The SMILES string of the molecule is COCCCC(=O)C1C[C@@H](CC(=O)CCO)CN1. The fourth-order valence-electron chi connectivity index (χ4n) is 2.32. The van der Waals surface area contributed by atoms with E-state index in [9.17, 15) is 9.59 Å². The van der Waals surface area contributed by atoms with E-state index >= 15 is 0 Å². The number of methoxy groups -OCH3 is 1. The number of carbonyl (C=O) groups is 2. The number of ether oxygens (including phenoxy) is 1. The van der Waals surface area contributed by atoms with Crippen molar-refractivity contribution < 1.29 is 19.4 Å². The molecule has 1 unspecified atom stereocenters. The van der Waals surface area contributed by atoms with Gasteiger partial charge in [0.05, 0.1) is 6.04 Å². The molecule has 0 aromatic heterocycles. The molecule has 104 valence electrons. The lowest BCUT2D eigenvalue weighted by atomic mass is 9.96. The Morgan fingerprint density at radius 2 is 2.17 bits per heavy atom. The van der Waals surface area contributed by atoms with Gasteiger partial charge in [-0.1, -0.05) is 0 Å². The Kier molecular flexibility index (Phi) is 7.08. The van der Waals surface area contributed by atoms with Crippen molar-refractivity contribution in [1.29, 1.82) is 0 Å². The zero-order valence-electron chi connectivity index (χ0n) is 11.0. The van der Waals surface area contributed by atoms with Crippen LogP contribution in [0.2, 0.25) is 0 Å². The average molecular weight is 257 g/mol. The van der Waals surface area contributed by atoms with Crippen molar-refractivity contribution in [3.8, 4) is 0 Å². The molecule has 0 radical (unpaired) electrons. The number of ketones is 2. The summed E-state index contributed by atoms with van der Waals surface area (Å²) in [7, 11) is 1.63. The van der Waals surface area contributed by atoms with Crippen molar-refractivity contribution in [2.24, 2.45) is 5.92 Å². The molecule has 0 saturated carbocycles. The summed E-state index contributed by atoms with van der Waals surface area (Å²) >= 11 is 0. The Morgan fingerprint density at radius 3 is 2.83 bits per heavy atom. The number of nitrogens with one attached hydrogen (secondary N) is 1. The van der Waals surface area contributed by atoms with E-state index < -0.39 is 0 Å². The fraction of sp³-hybridized carbons (Fsp3) is 0.846. The van der Waals surface area contributed by atoms with Crippen LogP contribution in [-0.4, -0.2) is 49.6 Å². The van der Waals surface area contributed by atoms with E-state index in [4.69, 9.17) is 9.84 Å². The maximum absolute atomic E-state index is 11.8. The summed E-state index contributed by atoms with van der Waals surface area (Å²) in [6, 6.07) is -0.103. The van der Waals surface area contributed by atoms with Gasteiger partial charge >= 0.3 is 0 Å². The van der Waals surface area contributed by atoms with Crippen LogP contribution in [0, 0.1) is 5.92 Å². The lowest BCUT2D eigenvalue weighted by Crippen LogP contribution is -2.30. The molecule has 0 spiro atoms. The van der Waals surface area contributed by atoms with E-state index in [2.05, 4.69) is 5.32 Å². The summed E-state index contributed by atoms with van der Waals surface area (Å²) in [5.41, 5.74) is 0. The van der Waals surface area contributed by atoms with Crippen LogP contribution in [0.3, 0.4) is 0 Å². The molecule has 0 aliphatic carbocycles. The first-order valence-electron chi connectivity index (χ1n) is 6.55. The molecule has 0 aromatic rings. The van der Waals surface area contributed by atoms with Gasteiger partial charge in [-0.15, -0.1) is 0 Å². The Balaban J connectivity index is 2.23. The number of hydrogen-bond acceptors (Lipinski definition) is 5. The van der Waals surface area contributed by atoms with E-state index in [1.165, 1.54) is 0 Å². The van der Waals surface area contributed by atoms with Crippen LogP contribution in [0.25, 0.3) is 0 Å². The van der Waals surface area contributed by atoms with Gasteiger partial charge in [0.25, 0.3) is 0 Å². The molecule has 0 aromatic carbocycles. The third-order valence-corrected chi connectivity index (χ3v) is 3.29. The standard InChI is InChI=1S/C13H23NO4/c1-18-6-2-3-13(17)12-8-10(9-14-12)7-11(16)4-5-15/h10,12,14-15H,2-9H2,1H3/t10-,12?/m1/s1. The van der Waals surface area contributed by atoms with Crippen LogP contribution in [0.1, 0.15) is 32.1 Å². The van der Waals surface area contributed by atoms with Gasteiger partial charge < -0.3 is 15.2 Å². The van der Waals surface area contributed by atoms with Gasteiger partial charge in [-0.25, -0.2) is 0 Å². The highest BCUT2D eigenvalue weighted by Crippen LogP contribution is 2.20. The Morgan fingerprint density at radius 1 is 1.39 bits per heavy atom. The highest BCUT2D eigenvalue weighted by Gasteiger charge is 2.29. The molecule has 2 N–H and O–H groups in total. The third kappa shape index (κ3) is 5.25. The molecule has 1 fully saturated rings. The molecule has 1 saturated heterocycles. The number of Topliss-reactive ketones (excluding diaryl/α,β-unsaturated/α-hetero) is 2. The summed E-state index contributed by atoms with van der Waals surface area (Å²) in [4.78, 5) is 23.2. The van der Waals surface area contributed by atoms with Gasteiger partial charge in [0.2, 0.25) is 0 Å². The summed E-state index contributed by atoms with van der Waals surface area (Å²) < 4.78 is 4.91. The third-order valence-electron chi connectivity index (χ3n) is 3.29. The zero-order chi connectivity index (χ0) is 13.4. The molecule has 0 bridgehead atoms. The molecule has 0 amide bonds. The predicted molar refractivity (Wildman–Crippen MR) is 67.3 cm³/mol. The number of aliphatic hydroxyl groups is 1. The summed E-state index contributed by atoms with van der Waals surface area (Å²) in [6.45, 7) is 1.24. The van der Waals surface area contributed by atoms with E-state index in [1.54, 1.807) is 7.11 Å². The second-order valence-electron chi connectivity index (χ2n) is 4.84. The topological polar surface area (TPSA) is 75.6 Å². The second-order valence-corrected chi connectivity index (χ2v) is 4.84. The molecule has 1 aliphatic rings. The first kappa shape index (κ1) is 15.3. The molecular formula is C13H23NO4. The molecule has 1 rings (SSSR count). The van der Waals surface area contributed by atoms with Crippen LogP contribution in [-0.2, 0) is 14.3 Å². The minimum atomic E-state index is -0.103. The van der Waals surface area contributed by atoms with Crippen molar-refractivity contribution in [2.75, 3.05) is 26.9 Å². The fourth-order valence-corrected chi connectivity index (χ4v) is 2.32. The molecular weight excluding hydrogens is 234 g/mol. The lowest BCUT2D eigenvalue weighted by Gasteiger charge is -2.09. The van der Waals surface area contributed by atoms with Gasteiger partial charge in [0.1, 0.15) is 11.6 Å². The van der Waals surface area contributed by atoms with Crippen molar-refractivity contribution in [1.82, 2.24) is 5.32 Å². The molecule has 5 nitrogen and oxygen atoms in total. The van der Waals surface area contributed by atoms with Crippen LogP contribution >= 0.6 is 0 Å². The Bertz CT molecular complexity index is 280. The van der Waals surface area contributed by atoms with Crippen molar-refractivity contribution in [3.63, 3.8) is 0 Å². The number of aliphatic hydroxyl groups excluding tert-OH is 1. The van der Waals surface area contributed by atoms with E-state index in [0.29, 0.717) is 19.4 Å². The van der Waals surface area contributed by atoms with Gasteiger partial charge in [-0.3, -0.25) is 9.59 Å². The van der Waals surface area contributed by atoms with E-state index in [0.717, 1.165) is 19.4 Å². The van der Waals surface area contributed by atoms with Gasteiger partial charge in [-0.2, -0.15) is 0 Å². The molecule has 2 atom stereocenters. The smallest absolute Gasteiger partial charge is 0.149 e. The number of hydrogen-bond donors (Lipinski definition) is 2. The maximum Gasteiger partial charge on any atom is 0.149 e. The monoisotopic (exact) mass is 257 g/mol. The Labute approximate surface area is 108 Å². The summed E-state index contributed by atoms with van der Waals surface area (Å²) in [5, 5.41) is 11.8. The maximum atomic E-state index is 11.8. The zero-order valence-corrected chi connectivity index (χ0v) is 11.0. The quantitative estimate of drug-likeness (QED) is 0.581. The number of rotatable bonds is 9. The highest BCUT2D eigenvalue weighted by atomic mass is 16.5. The van der Waals surface area contributed by atoms with Crippen molar-refractivity contribution in [2.45, 2.75) is 38.1 Å². The normalized spacial score (nSPS) is 23.2. The van der Waals surface area contributed by atoms with Crippen LogP contribution in [0.4, 0.5) is 0 Å². The number of carbonyl (C=O) groups excluding carboxylic acids is 2. The van der Waals surface area contributed by atoms with Crippen molar-refractivity contribution in [3.05, 3.63) is 0 Å². The lowest BCUT2D eigenvalue weighted by molar-refractivity contribution is -0.122. The molecule has 18 heavy (non-hydrogen) atoms. The minimum absolute atomic E-state index is 0.0804. The predicted octanol–water partition coefficient (Wildman–Crippen LogP) is 0.302. The molecule has 5 heteroatoms. The summed E-state index contributed by atoms with van der Waals surface area (Å²) in [5.74, 6) is 0.529. The van der Waals surface area contributed by atoms with E-state index in [1.807, 2.05) is 0 Å². The Hall–Kier alpha value is -0.780. The van der Waals surface area contributed by atoms with Gasteiger partial charge in [0, 0.05) is 39.6 Å². The van der Waals surface area contributed by atoms with Crippen LogP contribution in [0.5, 0.6) is 0 Å². The van der Waals surface area contributed by atoms with Crippen molar-refractivity contribution >= 4 is 11.6 Å². The molecule has 1 aliphatic heterocycles.